The van der Waals surface area contributed by atoms with E-state index >= 15 is 0 Å². The van der Waals surface area contributed by atoms with Crippen molar-refractivity contribution in [3.63, 3.8) is 0 Å². The molecule has 0 amide bonds. The molecule has 0 spiro atoms. The molecule has 0 saturated heterocycles. The molecule has 0 aliphatic heterocycles. The summed E-state index contributed by atoms with van der Waals surface area (Å²) in [6, 6.07) is 11.2. The van der Waals surface area contributed by atoms with E-state index in [9.17, 15) is 4.79 Å². The Hall–Kier alpha value is -3.02. The summed E-state index contributed by atoms with van der Waals surface area (Å²) in [5, 5.41) is 4.25. The maximum absolute atomic E-state index is 12.3. The molecule has 0 aliphatic rings. The highest BCUT2D eigenvalue weighted by Crippen LogP contribution is 2.13. The van der Waals surface area contributed by atoms with Crippen LogP contribution in [0.3, 0.4) is 0 Å². The minimum absolute atomic E-state index is 0.152. The van der Waals surface area contributed by atoms with Gasteiger partial charge in [0, 0.05) is 12.4 Å². The van der Waals surface area contributed by atoms with Crippen molar-refractivity contribution in [1.29, 1.82) is 0 Å². The van der Waals surface area contributed by atoms with Gasteiger partial charge in [-0.15, -0.1) is 0 Å². The van der Waals surface area contributed by atoms with Gasteiger partial charge in [-0.3, -0.25) is 4.79 Å². The van der Waals surface area contributed by atoms with Crippen molar-refractivity contribution in [3.05, 3.63) is 66.4 Å². The fourth-order valence-corrected chi connectivity index (χ4v) is 1.82. The van der Waals surface area contributed by atoms with E-state index in [0.29, 0.717) is 5.69 Å². The van der Waals surface area contributed by atoms with Gasteiger partial charge in [-0.2, -0.15) is 5.10 Å². The Balaban J connectivity index is 1.95. The molecule has 1 aromatic carbocycles. The van der Waals surface area contributed by atoms with Gasteiger partial charge in [0.1, 0.15) is 17.8 Å². The number of hydrogen-bond acceptors (Lipinski definition) is 5. The summed E-state index contributed by atoms with van der Waals surface area (Å²) < 4.78 is 1.63. The van der Waals surface area contributed by atoms with E-state index < -0.39 is 0 Å². The first-order chi connectivity index (χ1) is 9.75. The molecular weight excluding hydrogens is 254 g/mol. The molecule has 0 aliphatic carbocycles. The third kappa shape index (κ3) is 2.14. The van der Waals surface area contributed by atoms with Gasteiger partial charge in [-0.25, -0.2) is 14.6 Å². The third-order valence-corrected chi connectivity index (χ3v) is 2.83. The Morgan fingerprint density at radius 2 is 1.95 bits per heavy atom. The lowest BCUT2D eigenvalue weighted by Crippen LogP contribution is -2.09. The summed E-state index contributed by atoms with van der Waals surface area (Å²) in [6.45, 7) is 0. The number of anilines is 1. The monoisotopic (exact) mass is 265 g/mol. The largest absolute Gasteiger partial charge is 0.383 e. The molecule has 20 heavy (non-hydrogen) atoms. The number of nitrogens with two attached hydrogens (primary N) is 1. The molecule has 0 atom stereocenters. The average Bonchev–Trinajstić information content (AvgIpc) is 2.98. The van der Waals surface area contributed by atoms with Crippen molar-refractivity contribution in [1.82, 2.24) is 19.7 Å². The van der Waals surface area contributed by atoms with E-state index in [4.69, 9.17) is 5.73 Å². The van der Waals surface area contributed by atoms with Gasteiger partial charge in [0.2, 0.25) is 5.78 Å². The van der Waals surface area contributed by atoms with Gasteiger partial charge >= 0.3 is 0 Å². The number of hydrogen-bond donors (Lipinski definition) is 1. The second-order valence-electron chi connectivity index (χ2n) is 4.13. The number of aromatic nitrogens is 4. The first-order valence-corrected chi connectivity index (χ1v) is 5.97. The van der Waals surface area contributed by atoms with Crippen LogP contribution in [0.2, 0.25) is 0 Å². The third-order valence-electron chi connectivity index (χ3n) is 2.83. The van der Waals surface area contributed by atoms with Crippen LogP contribution in [-0.4, -0.2) is 25.5 Å². The lowest BCUT2D eigenvalue weighted by molar-refractivity contribution is 0.103. The zero-order chi connectivity index (χ0) is 13.9. The Kier molecular flexibility index (Phi) is 2.96. The van der Waals surface area contributed by atoms with Crippen LogP contribution < -0.4 is 5.73 Å². The number of para-hydroxylation sites is 1. The van der Waals surface area contributed by atoms with Crippen molar-refractivity contribution >= 4 is 11.6 Å². The van der Waals surface area contributed by atoms with Crippen molar-refractivity contribution in [3.8, 4) is 5.69 Å². The number of nitrogen functional groups attached to an aromatic ring is 1. The predicted octanol–water partition coefficient (Wildman–Crippen LogP) is 1.48. The van der Waals surface area contributed by atoms with Crippen molar-refractivity contribution in [2.24, 2.45) is 0 Å². The van der Waals surface area contributed by atoms with Crippen molar-refractivity contribution < 1.29 is 4.79 Å². The molecule has 6 heteroatoms. The molecule has 6 nitrogen and oxygen atoms in total. The van der Waals surface area contributed by atoms with Crippen LogP contribution in [0.5, 0.6) is 0 Å². The SMILES string of the molecule is Nc1ncncc1C(=O)c1ccn(-c2ccccc2)n1. The molecule has 2 heterocycles. The number of rotatable bonds is 3. The highest BCUT2D eigenvalue weighted by molar-refractivity contribution is 6.10. The molecule has 3 rings (SSSR count). The lowest BCUT2D eigenvalue weighted by Gasteiger charge is -2.01. The van der Waals surface area contributed by atoms with E-state index in [1.807, 2.05) is 30.3 Å². The number of ketones is 1. The van der Waals surface area contributed by atoms with Crippen LogP contribution >= 0.6 is 0 Å². The molecule has 0 bridgehead atoms. The standard InChI is InChI=1S/C14H11N5O/c15-14-11(8-16-9-17-14)13(20)12-6-7-19(18-12)10-4-2-1-3-5-10/h1-9H,(H2,15,16,17). The topological polar surface area (TPSA) is 86.7 Å². The maximum atomic E-state index is 12.3. The summed E-state index contributed by atoms with van der Waals surface area (Å²) in [4.78, 5) is 19.9. The summed E-state index contributed by atoms with van der Waals surface area (Å²) in [5.74, 6) is -0.142. The molecule has 0 unspecified atom stereocenters. The van der Waals surface area contributed by atoms with Crippen LogP contribution in [0.1, 0.15) is 16.1 Å². The fraction of sp³-hybridized carbons (Fsp3) is 0. The highest BCUT2D eigenvalue weighted by atomic mass is 16.1. The average molecular weight is 265 g/mol. The maximum Gasteiger partial charge on any atom is 0.218 e. The van der Waals surface area contributed by atoms with Gasteiger partial charge < -0.3 is 5.73 Å². The van der Waals surface area contributed by atoms with Gasteiger partial charge in [-0.05, 0) is 18.2 Å². The zero-order valence-electron chi connectivity index (χ0n) is 10.5. The van der Waals surface area contributed by atoms with Gasteiger partial charge in [0.15, 0.2) is 0 Å². The van der Waals surface area contributed by atoms with Crippen LogP contribution in [0.15, 0.2) is 55.1 Å². The Bertz CT molecular complexity index is 751. The normalized spacial score (nSPS) is 10.4. The summed E-state index contributed by atoms with van der Waals surface area (Å²) in [5.41, 5.74) is 7.11. The highest BCUT2D eigenvalue weighted by Gasteiger charge is 2.16. The fourth-order valence-electron chi connectivity index (χ4n) is 1.82. The Morgan fingerprint density at radius 1 is 1.15 bits per heavy atom. The van der Waals surface area contributed by atoms with E-state index in [1.165, 1.54) is 12.5 Å². The zero-order valence-corrected chi connectivity index (χ0v) is 10.5. The van der Waals surface area contributed by atoms with E-state index in [0.717, 1.165) is 5.69 Å². The predicted molar refractivity (Wildman–Crippen MR) is 73.4 cm³/mol. The van der Waals surface area contributed by atoms with E-state index in [-0.39, 0.29) is 17.2 Å². The number of benzene rings is 1. The molecule has 2 aromatic heterocycles. The van der Waals surface area contributed by atoms with Gasteiger partial charge in [0.05, 0.1) is 11.3 Å². The molecule has 98 valence electrons. The molecule has 0 fully saturated rings. The summed E-state index contributed by atoms with van der Waals surface area (Å²) >= 11 is 0. The molecule has 0 saturated carbocycles. The van der Waals surface area contributed by atoms with Gasteiger partial charge in [0.25, 0.3) is 0 Å². The van der Waals surface area contributed by atoms with Crippen LogP contribution in [-0.2, 0) is 0 Å². The van der Waals surface area contributed by atoms with E-state index in [1.54, 1.807) is 16.9 Å². The van der Waals surface area contributed by atoms with Crippen LogP contribution in [0, 0.1) is 0 Å². The Labute approximate surface area is 114 Å². The van der Waals surface area contributed by atoms with Gasteiger partial charge in [-0.1, -0.05) is 18.2 Å². The smallest absolute Gasteiger partial charge is 0.218 e. The van der Waals surface area contributed by atoms with Crippen LogP contribution in [0.25, 0.3) is 5.69 Å². The first kappa shape index (κ1) is 12.0. The van der Waals surface area contributed by atoms with Crippen molar-refractivity contribution in [2.75, 3.05) is 5.73 Å². The first-order valence-electron chi connectivity index (χ1n) is 5.97. The minimum atomic E-state index is -0.294. The second-order valence-corrected chi connectivity index (χ2v) is 4.13. The van der Waals surface area contributed by atoms with Crippen molar-refractivity contribution in [2.45, 2.75) is 0 Å². The Morgan fingerprint density at radius 3 is 2.70 bits per heavy atom. The minimum Gasteiger partial charge on any atom is -0.383 e. The second kappa shape index (κ2) is 4.93. The summed E-state index contributed by atoms with van der Waals surface area (Å²) in [6.07, 6.45) is 4.42. The lowest BCUT2D eigenvalue weighted by atomic mass is 10.1. The summed E-state index contributed by atoms with van der Waals surface area (Å²) in [7, 11) is 0. The molecule has 0 radical (unpaired) electrons. The quantitative estimate of drug-likeness (QED) is 0.725. The van der Waals surface area contributed by atoms with E-state index in [2.05, 4.69) is 15.1 Å². The van der Waals surface area contributed by atoms with Crippen LogP contribution in [0.4, 0.5) is 5.82 Å². The molecule has 2 N–H and O–H groups in total. The number of carbonyl (C=O) groups is 1. The molecular formula is C14H11N5O. The molecule has 3 aromatic rings. The number of nitrogens with zero attached hydrogens (tertiary/aromatic N) is 4. The number of carbonyl (C=O) groups excluding carboxylic acids is 1.